The second-order valence-electron chi connectivity index (χ2n) is 6.41. The summed E-state index contributed by atoms with van der Waals surface area (Å²) in [6.07, 6.45) is 3.99. The third-order valence-electron chi connectivity index (χ3n) is 4.77. The van der Waals surface area contributed by atoms with Crippen molar-refractivity contribution in [2.75, 3.05) is 25.5 Å². The number of ether oxygens (including phenoxy) is 1. The van der Waals surface area contributed by atoms with Crippen molar-refractivity contribution in [2.45, 2.75) is 31.3 Å². The predicted octanol–water partition coefficient (Wildman–Crippen LogP) is 1.95. The van der Waals surface area contributed by atoms with Gasteiger partial charge in [0.25, 0.3) is 10.0 Å². The number of hydrogen-bond acceptors (Lipinski definition) is 5. The van der Waals surface area contributed by atoms with Crippen molar-refractivity contribution in [2.24, 2.45) is 5.92 Å². The number of hydrogen-bond donors (Lipinski definition) is 1. The smallest absolute Gasteiger partial charge is 0.262 e. The van der Waals surface area contributed by atoms with Gasteiger partial charge < -0.3 is 14.6 Å². The zero-order valence-corrected chi connectivity index (χ0v) is 16.3. The average Bonchev–Trinajstić information content (AvgIpc) is 3.18. The molecule has 0 bridgehead atoms. The van der Waals surface area contributed by atoms with Gasteiger partial charge in [0.1, 0.15) is 5.75 Å². The van der Waals surface area contributed by atoms with E-state index in [4.69, 9.17) is 4.74 Å². The Labute approximate surface area is 159 Å². The lowest BCUT2D eigenvalue weighted by Crippen LogP contribution is -2.41. The zero-order valence-electron chi connectivity index (χ0n) is 15.5. The number of carbonyl (C=O) groups is 1. The summed E-state index contributed by atoms with van der Waals surface area (Å²) in [6.45, 7) is 3.17. The second-order valence-corrected chi connectivity index (χ2v) is 8.30. The maximum atomic E-state index is 12.7. The van der Waals surface area contributed by atoms with Gasteiger partial charge in [0.2, 0.25) is 5.91 Å². The number of nitrogens with zero attached hydrogens (tertiary/aromatic N) is 3. The third-order valence-corrected chi connectivity index (χ3v) is 6.55. The molecule has 0 unspecified atom stereocenters. The lowest BCUT2D eigenvalue weighted by Gasteiger charge is -2.30. The Balaban J connectivity index is 1.62. The molecule has 27 heavy (non-hydrogen) atoms. The van der Waals surface area contributed by atoms with Gasteiger partial charge in [-0.3, -0.25) is 4.79 Å². The molecule has 1 aliphatic rings. The van der Waals surface area contributed by atoms with Crippen molar-refractivity contribution in [3.05, 3.63) is 36.8 Å². The quantitative estimate of drug-likeness (QED) is 0.811. The molecule has 0 radical (unpaired) electrons. The monoisotopic (exact) mass is 392 g/mol. The molecule has 1 aromatic carbocycles. The van der Waals surface area contributed by atoms with Crippen molar-refractivity contribution in [1.29, 1.82) is 0 Å². The van der Waals surface area contributed by atoms with Gasteiger partial charge in [0.15, 0.2) is 5.03 Å². The van der Waals surface area contributed by atoms with Crippen LogP contribution < -0.4 is 10.1 Å². The number of rotatable bonds is 6. The molecule has 1 amide bonds. The Hall–Kier alpha value is -2.39. The number of benzene rings is 1. The van der Waals surface area contributed by atoms with E-state index in [2.05, 4.69) is 10.3 Å². The molecule has 0 aliphatic carbocycles. The summed E-state index contributed by atoms with van der Waals surface area (Å²) >= 11 is 0. The molecule has 2 heterocycles. The van der Waals surface area contributed by atoms with Crippen LogP contribution in [0.4, 0.5) is 5.69 Å². The molecular weight excluding hydrogens is 368 g/mol. The summed E-state index contributed by atoms with van der Waals surface area (Å²) in [5, 5.41) is 2.94. The molecule has 3 rings (SSSR count). The van der Waals surface area contributed by atoms with Crippen molar-refractivity contribution >= 4 is 21.6 Å². The summed E-state index contributed by atoms with van der Waals surface area (Å²) in [7, 11) is -2.07. The first-order chi connectivity index (χ1) is 13.0. The highest BCUT2D eigenvalue weighted by atomic mass is 32.2. The fourth-order valence-electron chi connectivity index (χ4n) is 3.12. The molecule has 0 saturated carbocycles. The number of amides is 1. The summed E-state index contributed by atoms with van der Waals surface area (Å²) in [4.78, 5) is 16.6. The zero-order chi connectivity index (χ0) is 19.4. The highest BCUT2D eigenvalue weighted by molar-refractivity contribution is 7.89. The molecule has 1 fully saturated rings. The summed E-state index contributed by atoms with van der Waals surface area (Å²) in [5.41, 5.74) is 0.616. The predicted molar refractivity (Wildman–Crippen MR) is 101 cm³/mol. The number of methoxy groups -OCH3 is 1. The maximum absolute atomic E-state index is 12.7. The van der Waals surface area contributed by atoms with E-state index >= 15 is 0 Å². The Bertz CT molecular complexity index is 902. The fourth-order valence-corrected chi connectivity index (χ4v) is 4.52. The van der Waals surface area contributed by atoms with Crippen LogP contribution in [0.15, 0.2) is 41.8 Å². The van der Waals surface area contributed by atoms with Crippen LogP contribution in [0, 0.1) is 5.92 Å². The molecular formula is C18H24N4O4S. The second kappa shape index (κ2) is 8.10. The van der Waals surface area contributed by atoms with Gasteiger partial charge in [-0.15, -0.1) is 0 Å². The molecule has 146 valence electrons. The van der Waals surface area contributed by atoms with E-state index in [9.17, 15) is 13.2 Å². The highest BCUT2D eigenvalue weighted by Gasteiger charge is 2.33. The molecule has 2 aromatic rings. The Morgan fingerprint density at radius 1 is 1.30 bits per heavy atom. The number of para-hydroxylation sites is 2. The van der Waals surface area contributed by atoms with Crippen LogP contribution in [-0.2, 0) is 21.4 Å². The first-order valence-electron chi connectivity index (χ1n) is 8.91. The molecule has 0 atom stereocenters. The van der Waals surface area contributed by atoms with Gasteiger partial charge in [-0.25, -0.2) is 13.4 Å². The van der Waals surface area contributed by atoms with Gasteiger partial charge >= 0.3 is 0 Å². The number of sulfonamides is 1. The van der Waals surface area contributed by atoms with E-state index in [1.54, 1.807) is 23.8 Å². The number of piperidine rings is 1. The van der Waals surface area contributed by atoms with Crippen LogP contribution in [0.3, 0.4) is 0 Å². The van der Waals surface area contributed by atoms with E-state index < -0.39 is 10.0 Å². The van der Waals surface area contributed by atoms with E-state index in [-0.39, 0.29) is 16.9 Å². The van der Waals surface area contributed by atoms with Gasteiger partial charge in [0.05, 0.1) is 19.1 Å². The van der Waals surface area contributed by atoms with Crippen LogP contribution in [0.25, 0.3) is 0 Å². The van der Waals surface area contributed by atoms with E-state index in [1.165, 1.54) is 16.8 Å². The van der Waals surface area contributed by atoms with Crippen molar-refractivity contribution in [1.82, 2.24) is 13.9 Å². The van der Waals surface area contributed by atoms with Gasteiger partial charge in [-0.1, -0.05) is 12.1 Å². The van der Waals surface area contributed by atoms with E-state index in [0.717, 1.165) is 0 Å². The number of anilines is 1. The van der Waals surface area contributed by atoms with Gasteiger partial charge in [0, 0.05) is 31.7 Å². The van der Waals surface area contributed by atoms with Crippen LogP contribution in [0.1, 0.15) is 19.8 Å². The number of aromatic nitrogens is 2. The fraction of sp³-hybridized carbons (Fsp3) is 0.444. The number of imidazole rings is 1. The standard InChI is InChI=1S/C18H24N4O4S/c1-3-21-12-17(19-13-21)27(24,25)22-10-8-14(9-11-22)18(23)20-15-6-4-5-7-16(15)26-2/h4-7,12-14H,3,8-11H2,1-2H3,(H,20,23). The first-order valence-corrected chi connectivity index (χ1v) is 10.4. The maximum Gasteiger partial charge on any atom is 0.262 e. The Morgan fingerprint density at radius 2 is 2.00 bits per heavy atom. The molecule has 8 nitrogen and oxygen atoms in total. The van der Waals surface area contributed by atoms with Crippen LogP contribution in [0.2, 0.25) is 0 Å². The van der Waals surface area contributed by atoms with Crippen molar-refractivity contribution < 1.29 is 17.9 Å². The molecule has 1 aliphatic heterocycles. The minimum absolute atomic E-state index is 0.0567. The van der Waals surface area contributed by atoms with Crippen LogP contribution in [-0.4, -0.2) is 48.4 Å². The molecule has 9 heteroatoms. The topological polar surface area (TPSA) is 93.5 Å². The SMILES string of the molecule is CCn1cnc(S(=O)(=O)N2CCC(C(=O)Nc3ccccc3OC)CC2)c1. The number of aryl methyl sites for hydroxylation is 1. The van der Waals surface area contributed by atoms with Gasteiger partial charge in [-0.05, 0) is 31.9 Å². The molecule has 1 saturated heterocycles. The Kier molecular flexibility index (Phi) is 5.81. The summed E-state index contributed by atoms with van der Waals surface area (Å²) < 4.78 is 33.8. The number of carbonyl (C=O) groups excluding carboxylic acids is 1. The minimum Gasteiger partial charge on any atom is -0.495 e. The summed E-state index contributed by atoms with van der Waals surface area (Å²) in [6, 6.07) is 7.21. The van der Waals surface area contributed by atoms with Crippen LogP contribution >= 0.6 is 0 Å². The lowest BCUT2D eigenvalue weighted by molar-refractivity contribution is -0.120. The van der Waals surface area contributed by atoms with Gasteiger partial charge in [-0.2, -0.15) is 4.31 Å². The normalized spacial score (nSPS) is 16.2. The minimum atomic E-state index is -3.62. The lowest BCUT2D eigenvalue weighted by atomic mass is 9.97. The van der Waals surface area contributed by atoms with E-state index in [0.29, 0.717) is 43.9 Å². The number of nitrogens with one attached hydrogen (secondary N) is 1. The molecule has 1 aromatic heterocycles. The Morgan fingerprint density at radius 3 is 2.63 bits per heavy atom. The largest absolute Gasteiger partial charge is 0.495 e. The van der Waals surface area contributed by atoms with Crippen molar-refractivity contribution in [3.8, 4) is 5.75 Å². The third kappa shape index (κ3) is 4.14. The highest BCUT2D eigenvalue weighted by Crippen LogP contribution is 2.27. The van der Waals surface area contributed by atoms with E-state index in [1.807, 2.05) is 19.1 Å². The molecule has 1 N–H and O–H groups in total. The average molecular weight is 392 g/mol. The molecule has 0 spiro atoms. The van der Waals surface area contributed by atoms with Crippen molar-refractivity contribution in [3.63, 3.8) is 0 Å². The first kappa shape index (κ1) is 19.4. The summed E-state index contributed by atoms with van der Waals surface area (Å²) in [5.74, 6) is 0.235. The van der Waals surface area contributed by atoms with Crippen LogP contribution in [0.5, 0.6) is 5.75 Å².